The molecule has 2 rings (SSSR count). The number of thiocarbonyl (C=S) groups is 1. The first-order chi connectivity index (χ1) is 6.21. The summed E-state index contributed by atoms with van der Waals surface area (Å²) in [4.78, 5) is 0. The monoisotopic (exact) mass is 192 g/mol. The zero-order chi connectivity index (χ0) is 9.31. The fourth-order valence-electron chi connectivity index (χ4n) is 1.58. The third kappa shape index (κ3) is 1.52. The van der Waals surface area contributed by atoms with Gasteiger partial charge in [0.2, 0.25) is 0 Å². The van der Waals surface area contributed by atoms with E-state index in [-0.39, 0.29) is 5.54 Å². The van der Waals surface area contributed by atoms with Crippen molar-refractivity contribution >= 4 is 17.3 Å². The van der Waals surface area contributed by atoms with Crippen molar-refractivity contribution in [3.05, 3.63) is 35.9 Å². The van der Waals surface area contributed by atoms with Crippen molar-refractivity contribution in [2.24, 2.45) is 0 Å². The molecule has 0 radical (unpaired) electrons. The van der Waals surface area contributed by atoms with Crippen molar-refractivity contribution in [3.63, 3.8) is 0 Å². The van der Waals surface area contributed by atoms with Crippen LogP contribution < -0.4 is 10.6 Å². The second-order valence-corrected chi connectivity index (χ2v) is 3.91. The van der Waals surface area contributed by atoms with Gasteiger partial charge in [-0.2, -0.15) is 0 Å². The van der Waals surface area contributed by atoms with Gasteiger partial charge in [0, 0.05) is 6.54 Å². The number of hydrogen-bond acceptors (Lipinski definition) is 1. The van der Waals surface area contributed by atoms with Gasteiger partial charge in [0.05, 0.1) is 5.54 Å². The number of nitrogens with one attached hydrogen (secondary N) is 2. The standard InChI is InChI=1S/C10H12N2S/c1-10(7-11-9(13)12-10)8-5-3-2-4-6-8/h2-6H,7H2,1H3,(H2,11,12,13)/t10-/m0/s1. The maximum Gasteiger partial charge on any atom is 0.167 e. The molecule has 1 aromatic carbocycles. The van der Waals surface area contributed by atoms with E-state index >= 15 is 0 Å². The van der Waals surface area contributed by atoms with Crippen LogP contribution in [-0.4, -0.2) is 11.7 Å². The lowest BCUT2D eigenvalue weighted by Crippen LogP contribution is -2.36. The summed E-state index contributed by atoms with van der Waals surface area (Å²) in [6.45, 7) is 3.00. The smallest absolute Gasteiger partial charge is 0.167 e. The largest absolute Gasteiger partial charge is 0.360 e. The maximum absolute atomic E-state index is 5.05. The molecule has 2 nitrogen and oxygen atoms in total. The fourth-order valence-corrected chi connectivity index (χ4v) is 1.87. The normalized spacial score (nSPS) is 26.7. The molecule has 0 spiro atoms. The van der Waals surface area contributed by atoms with Crippen LogP contribution in [0.5, 0.6) is 0 Å². The van der Waals surface area contributed by atoms with Crippen LogP contribution in [0.15, 0.2) is 30.3 Å². The lowest BCUT2D eigenvalue weighted by Gasteiger charge is -2.23. The predicted molar refractivity (Wildman–Crippen MR) is 57.5 cm³/mol. The van der Waals surface area contributed by atoms with Gasteiger partial charge < -0.3 is 10.6 Å². The molecule has 1 aliphatic rings. The average molecular weight is 192 g/mol. The molecule has 1 aliphatic heterocycles. The number of benzene rings is 1. The van der Waals surface area contributed by atoms with Crippen molar-refractivity contribution in [3.8, 4) is 0 Å². The fraction of sp³-hybridized carbons (Fsp3) is 0.300. The van der Waals surface area contributed by atoms with Crippen molar-refractivity contribution < 1.29 is 0 Å². The van der Waals surface area contributed by atoms with E-state index in [0.717, 1.165) is 11.7 Å². The third-order valence-electron chi connectivity index (χ3n) is 2.40. The molecule has 0 aromatic heterocycles. The molecule has 13 heavy (non-hydrogen) atoms. The molecule has 1 aromatic rings. The van der Waals surface area contributed by atoms with Crippen LogP contribution >= 0.6 is 12.2 Å². The Labute approximate surface area is 83.3 Å². The van der Waals surface area contributed by atoms with E-state index in [9.17, 15) is 0 Å². The number of hydrogen-bond donors (Lipinski definition) is 2. The maximum atomic E-state index is 5.05. The minimum Gasteiger partial charge on any atom is -0.360 e. The van der Waals surface area contributed by atoms with Gasteiger partial charge in [-0.3, -0.25) is 0 Å². The first-order valence-electron chi connectivity index (χ1n) is 4.32. The molecule has 0 saturated carbocycles. The topological polar surface area (TPSA) is 24.1 Å². The van der Waals surface area contributed by atoms with E-state index in [0.29, 0.717) is 0 Å². The first-order valence-corrected chi connectivity index (χ1v) is 4.73. The van der Waals surface area contributed by atoms with E-state index in [1.54, 1.807) is 0 Å². The Morgan fingerprint density at radius 2 is 2.00 bits per heavy atom. The zero-order valence-corrected chi connectivity index (χ0v) is 8.32. The molecule has 0 bridgehead atoms. The van der Waals surface area contributed by atoms with Crippen molar-refractivity contribution in [1.82, 2.24) is 10.6 Å². The van der Waals surface area contributed by atoms with Gasteiger partial charge in [0.1, 0.15) is 0 Å². The first kappa shape index (κ1) is 8.51. The molecule has 0 unspecified atom stereocenters. The summed E-state index contributed by atoms with van der Waals surface area (Å²) in [5.74, 6) is 0. The molecule has 1 atom stereocenters. The highest BCUT2D eigenvalue weighted by molar-refractivity contribution is 7.80. The highest BCUT2D eigenvalue weighted by Crippen LogP contribution is 2.22. The lowest BCUT2D eigenvalue weighted by molar-refractivity contribution is 0.481. The molecular formula is C10H12N2S. The van der Waals surface area contributed by atoms with E-state index in [2.05, 4.69) is 29.7 Å². The summed E-state index contributed by atoms with van der Waals surface area (Å²) in [6.07, 6.45) is 0. The Hall–Kier alpha value is -1.09. The van der Waals surface area contributed by atoms with Crippen LogP contribution in [0.3, 0.4) is 0 Å². The third-order valence-corrected chi connectivity index (χ3v) is 2.65. The summed E-state index contributed by atoms with van der Waals surface area (Å²) < 4.78 is 0. The van der Waals surface area contributed by atoms with Gasteiger partial charge in [0.25, 0.3) is 0 Å². The van der Waals surface area contributed by atoms with Crippen molar-refractivity contribution in [2.45, 2.75) is 12.5 Å². The van der Waals surface area contributed by atoms with Crippen molar-refractivity contribution in [1.29, 1.82) is 0 Å². The highest BCUT2D eigenvalue weighted by atomic mass is 32.1. The molecule has 2 N–H and O–H groups in total. The number of rotatable bonds is 1. The van der Waals surface area contributed by atoms with E-state index in [1.165, 1.54) is 5.56 Å². The summed E-state index contributed by atoms with van der Waals surface area (Å²) >= 11 is 5.05. The molecule has 1 heterocycles. The van der Waals surface area contributed by atoms with E-state index < -0.39 is 0 Å². The van der Waals surface area contributed by atoms with E-state index in [1.807, 2.05) is 18.2 Å². The van der Waals surface area contributed by atoms with Crippen LogP contribution in [0.1, 0.15) is 12.5 Å². The Morgan fingerprint density at radius 3 is 2.54 bits per heavy atom. The lowest BCUT2D eigenvalue weighted by atomic mass is 9.93. The summed E-state index contributed by atoms with van der Waals surface area (Å²) in [5, 5.41) is 7.14. The molecule has 0 aliphatic carbocycles. The summed E-state index contributed by atoms with van der Waals surface area (Å²) in [5.41, 5.74) is 1.22. The van der Waals surface area contributed by atoms with E-state index in [4.69, 9.17) is 12.2 Å². The highest BCUT2D eigenvalue weighted by Gasteiger charge is 2.32. The summed E-state index contributed by atoms with van der Waals surface area (Å²) in [6, 6.07) is 10.3. The molecule has 3 heteroatoms. The van der Waals surface area contributed by atoms with Crippen LogP contribution in [0.25, 0.3) is 0 Å². The predicted octanol–water partition coefficient (Wildman–Crippen LogP) is 1.38. The second kappa shape index (κ2) is 3.00. The SMILES string of the molecule is C[C@@]1(c2ccccc2)CNC(=S)N1. The van der Waals surface area contributed by atoms with Crippen LogP contribution in [0, 0.1) is 0 Å². The van der Waals surface area contributed by atoms with Gasteiger partial charge in [-0.1, -0.05) is 30.3 Å². The Bertz CT molecular complexity index is 323. The quantitative estimate of drug-likeness (QED) is 0.657. The van der Waals surface area contributed by atoms with Crippen LogP contribution in [0.4, 0.5) is 0 Å². The average Bonchev–Trinajstić information content (AvgIpc) is 2.49. The minimum absolute atomic E-state index is 0.0433. The van der Waals surface area contributed by atoms with Crippen molar-refractivity contribution in [2.75, 3.05) is 6.54 Å². The van der Waals surface area contributed by atoms with Gasteiger partial charge in [-0.05, 0) is 24.7 Å². The Balaban J connectivity index is 2.31. The van der Waals surface area contributed by atoms with Gasteiger partial charge in [0.15, 0.2) is 5.11 Å². The Morgan fingerprint density at radius 1 is 1.31 bits per heavy atom. The van der Waals surface area contributed by atoms with Gasteiger partial charge >= 0.3 is 0 Å². The molecule has 1 saturated heterocycles. The van der Waals surface area contributed by atoms with Gasteiger partial charge in [-0.25, -0.2) is 0 Å². The van der Waals surface area contributed by atoms with Gasteiger partial charge in [-0.15, -0.1) is 0 Å². The molecule has 0 amide bonds. The van der Waals surface area contributed by atoms with Crippen LogP contribution in [0.2, 0.25) is 0 Å². The van der Waals surface area contributed by atoms with Crippen LogP contribution in [-0.2, 0) is 5.54 Å². The molecule has 68 valence electrons. The zero-order valence-electron chi connectivity index (χ0n) is 7.50. The Kier molecular flexibility index (Phi) is 1.96. The minimum atomic E-state index is -0.0433. The second-order valence-electron chi connectivity index (χ2n) is 3.51. The summed E-state index contributed by atoms with van der Waals surface area (Å²) in [7, 11) is 0. The molecule has 1 fully saturated rings. The molecular weight excluding hydrogens is 180 g/mol.